The number of anilines is 1. The number of rotatable bonds is 7. The van der Waals surface area contributed by atoms with Crippen LogP contribution in [0.5, 0.6) is 0 Å². The van der Waals surface area contributed by atoms with E-state index in [0.29, 0.717) is 6.54 Å². The predicted molar refractivity (Wildman–Crippen MR) is 78.8 cm³/mol. The van der Waals surface area contributed by atoms with Crippen LogP contribution < -0.4 is 10.6 Å². The molecule has 2 rings (SSSR count). The molecule has 2 N–H and O–H groups in total. The Morgan fingerprint density at radius 3 is 2.22 bits per heavy atom. The molecule has 0 atom stereocenters. The van der Waals surface area contributed by atoms with E-state index in [-0.39, 0.29) is 0 Å². The van der Waals surface area contributed by atoms with Gasteiger partial charge in [0.05, 0.1) is 0 Å². The highest BCUT2D eigenvalue weighted by Crippen LogP contribution is 2.33. The van der Waals surface area contributed by atoms with Gasteiger partial charge in [0.15, 0.2) is 0 Å². The Bertz CT molecular complexity index is 350. The molecule has 0 bridgehead atoms. The molecule has 0 heterocycles. The van der Waals surface area contributed by atoms with Crippen LogP contribution in [0.3, 0.4) is 0 Å². The van der Waals surface area contributed by atoms with Crippen molar-refractivity contribution in [2.24, 2.45) is 11.7 Å². The molecule has 0 radical (unpaired) electrons. The van der Waals surface area contributed by atoms with E-state index in [0.717, 1.165) is 12.0 Å². The van der Waals surface area contributed by atoms with Crippen molar-refractivity contribution in [2.45, 2.75) is 52.1 Å². The number of hydrogen-bond donors (Lipinski definition) is 1. The molecular formula is C16H26N2. The number of benzene rings is 1. The summed E-state index contributed by atoms with van der Waals surface area (Å²) in [5.74, 6) is 0.819. The van der Waals surface area contributed by atoms with Gasteiger partial charge in [0.2, 0.25) is 0 Å². The first-order valence-electron chi connectivity index (χ1n) is 7.34. The molecule has 1 aliphatic rings. The average Bonchev–Trinajstić information content (AvgIpc) is 3.25. The van der Waals surface area contributed by atoms with Gasteiger partial charge in [-0.15, -0.1) is 0 Å². The third-order valence-corrected chi connectivity index (χ3v) is 4.10. The molecule has 1 aromatic rings. The lowest BCUT2D eigenvalue weighted by atomic mass is 10.0. The van der Waals surface area contributed by atoms with E-state index in [9.17, 15) is 0 Å². The lowest BCUT2D eigenvalue weighted by Crippen LogP contribution is -2.31. The number of nitrogens with two attached hydrogens (primary N) is 1. The zero-order valence-corrected chi connectivity index (χ0v) is 11.7. The summed E-state index contributed by atoms with van der Waals surface area (Å²) in [7, 11) is 0. The summed E-state index contributed by atoms with van der Waals surface area (Å²) in [6.45, 7) is 6.45. The molecule has 1 fully saturated rings. The lowest BCUT2D eigenvalue weighted by Gasteiger charge is -2.29. The smallest absolute Gasteiger partial charge is 0.0368 e. The van der Waals surface area contributed by atoms with Gasteiger partial charge in [-0.05, 0) is 36.5 Å². The van der Waals surface area contributed by atoms with Crippen LogP contribution in [0.2, 0.25) is 0 Å². The first kappa shape index (κ1) is 13.4. The molecule has 100 valence electrons. The van der Waals surface area contributed by atoms with Crippen LogP contribution in [-0.2, 0) is 6.54 Å². The fourth-order valence-corrected chi connectivity index (χ4v) is 2.50. The molecule has 1 aromatic carbocycles. The molecule has 0 unspecified atom stereocenters. The van der Waals surface area contributed by atoms with Crippen LogP contribution in [0.25, 0.3) is 0 Å². The monoisotopic (exact) mass is 246 g/mol. The van der Waals surface area contributed by atoms with Crippen molar-refractivity contribution in [1.82, 2.24) is 0 Å². The molecule has 0 saturated heterocycles. The Morgan fingerprint density at radius 2 is 1.78 bits per heavy atom. The molecular weight excluding hydrogens is 220 g/mol. The van der Waals surface area contributed by atoms with Crippen LogP contribution in [0.4, 0.5) is 5.69 Å². The first-order chi connectivity index (χ1) is 8.78. The Kier molecular flexibility index (Phi) is 4.65. The van der Waals surface area contributed by atoms with Crippen molar-refractivity contribution in [3.8, 4) is 0 Å². The van der Waals surface area contributed by atoms with E-state index < -0.39 is 0 Å². The van der Waals surface area contributed by atoms with E-state index >= 15 is 0 Å². The van der Waals surface area contributed by atoms with Gasteiger partial charge < -0.3 is 10.6 Å². The highest BCUT2D eigenvalue weighted by atomic mass is 15.2. The van der Waals surface area contributed by atoms with E-state index in [4.69, 9.17) is 5.73 Å². The third-order valence-electron chi connectivity index (χ3n) is 4.10. The van der Waals surface area contributed by atoms with Crippen molar-refractivity contribution in [1.29, 1.82) is 0 Å². The van der Waals surface area contributed by atoms with Crippen molar-refractivity contribution < 1.29 is 0 Å². The van der Waals surface area contributed by atoms with Crippen LogP contribution in [-0.4, -0.2) is 12.6 Å². The zero-order chi connectivity index (χ0) is 13.0. The van der Waals surface area contributed by atoms with Gasteiger partial charge in [-0.1, -0.05) is 38.8 Å². The number of nitrogens with zero attached hydrogens (tertiary/aromatic N) is 1. The second kappa shape index (κ2) is 6.24. The maximum Gasteiger partial charge on any atom is 0.0368 e. The fraction of sp³-hybridized carbons (Fsp3) is 0.625. The molecule has 1 saturated carbocycles. The van der Waals surface area contributed by atoms with Crippen molar-refractivity contribution in [3.05, 3.63) is 29.8 Å². The normalized spacial score (nSPS) is 15.1. The van der Waals surface area contributed by atoms with E-state index in [1.807, 2.05) is 0 Å². The Labute approximate surface area is 111 Å². The topological polar surface area (TPSA) is 29.3 Å². The minimum atomic E-state index is 0.635. The van der Waals surface area contributed by atoms with Crippen molar-refractivity contribution in [3.63, 3.8) is 0 Å². The molecule has 2 nitrogen and oxygen atoms in total. The SMILES string of the molecule is CCC(CC)CN(c1ccc(CN)cc1)C1CC1. The molecule has 18 heavy (non-hydrogen) atoms. The van der Waals surface area contributed by atoms with Gasteiger partial charge in [0.1, 0.15) is 0 Å². The standard InChI is InChI=1S/C16H26N2/c1-3-13(4-2)12-18(16-9-10-16)15-7-5-14(11-17)6-8-15/h5-8,13,16H,3-4,9-12,17H2,1-2H3. The summed E-state index contributed by atoms with van der Waals surface area (Å²) >= 11 is 0. The second-order valence-electron chi connectivity index (χ2n) is 5.44. The highest BCUT2D eigenvalue weighted by Gasteiger charge is 2.30. The van der Waals surface area contributed by atoms with Crippen molar-refractivity contribution in [2.75, 3.05) is 11.4 Å². The van der Waals surface area contributed by atoms with E-state index in [1.54, 1.807) is 0 Å². The molecule has 1 aliphatic carbocycles. The molecule has 0 aliphatic heterocycles. The summed E-state index contributed by atoms with van der Waals surface area (Å²) in [6.07, 6.45) is 5.28. The fourth-order valence-electron chi connectivity index (χ4n) is 2.50. The highest BCUT2D eigenvalue weighted by molar-refractivity contribution is 5.49. The Balaban J connectivity index is 2.08. The first-order valence-corrected chi connectivity index (χ1v) is 7.34. The second-order valence-corrected chi connectivity index (χ2v) is 5.44. The van der Waals surface area contributed by atoms with Gasteiger partial charge in [-0.3, -0.25) is 0 Å². The summed E-state index contributed by atoms with van der Waals surface area (Å²) in [4.78, 5) is 2.61. The molecule has 0 spiro atoms. The van der Waals surface area contributed by atoms with Crippen molar-refractivity contribution >= 4 is 5.69 Å². The maximum atomic E-state index is 5.66. The number of hydrogen-bond acceptors (Lipinski definition) is 2. The Morgan fingerprint density at radius 1 is 1.17 bits per heavy atom. The summed E-state index contributed by atoms with van der Waals surface area (Å²) in [6, 6.07) is 9.59. The molecule has 0 aromatic heterocycles. The maximum absolute atomic E-state index is 5.66. The molecule has 2 heteroatoms. The van der Waals surface area contributed by atoms with Gasteiger partial charge in [0.25, 0.3) is 0 Å². The summed E-state index contributed by atoms with van der Waals surface area (Å²) in [5.41, 5.74) is 8.25. The van der Waals surface area contributed by atoms with Gasteiger partial charge in [-0.25, -0.2) is 0 Å². The van der Waals surface area contributed by atoms with Gasteiger partial charge in [-0.2, -0.15) is 0 Å². The van der Waals surface area contributed by atoms with Gasteiger partial charge in [0, 0.05) is 24.8 Å². The van der Waals surface area contributed by atoms with Crippen LogP contribution >= 0.6 is 0 Å². The van der Waals surface area contributed by atoms with E-state index in [1.165, 1.54) is 43.5 Å². The van der Waals surface area contributed by atoms with Crippen LogP contribution in [0.1, 0.15) is 45.1 Å². The quantitative estimate of drug-likeness (QED) is 0.797. The minimum Gasteiger partial charge on any atom is -0.368 e. The summed E-state index contributed by atoms with van der Waals surface area (Å²) < 4.78 is 0. The van der Waals surface area contributed by atoms with Crippen LogP contribution in [0, 0.1) is 5.92 Å². The van der Waals surface area contributed by atoms with Gasteiger partial charge >= 0.3 is 0 Å². The van der Waals surface area contributed by atoms with E-state index in [2.05, 4.69) is 43.0 Å². The largest absolute Gasteiger partial charge is 0.368 e. The predicted octanol–water partition coefficient (Wildman–Crippen LogP) is 3.55. The van der Waals surface area contributed by atoms with Crippen LogP contribution in [0.15, 0.2) is 24.3 Å². The minimum absolute atomic E-state index is 0.635. The third kappa shape index (κ3) is 3.26. The lowest BCUT2D eigenvalue weighted by molar-refractivity contribution is 0.481. The zero-order valence-electron chi connectivity index (χ0n) is 11.7. The average molecular weight is 246 g/mol. The Hall–Kier alpha value is -1.02. The molecule has 0 amide bonds. The summed E-state index contributed by atoms with van der Waals surface area (Å²) in [5, 5.41) is 0.